The van der Waals surface area contributed by atoms with Crippen LogP contribution in [0, 0.1) is 5.41 Å². The van der Waals surface area contributed by atoms with Gasteiger partial charge in [-0.2, -0.15) is 0 Å². The Hall–Kier alpha value is -3.83. The number of benzene rings is 2. The molecule has 1 aliphatic heterocycles. The van der Waals surface area contributed by atoms with Crippen LogP contribution >= 0.6 is 11.6 Å². The zero-order valence-corrected chi connectivity index (χ0v) is 23.1. The number of halogens is 1. The van der Waals surface area contributed by atoms with E-state index in [1.807, 2.05) is 19.9 Å². The zero-order chi connectivity index (χ0) is 28.7. The maximum Gasteiger partial charge on any atom is 0.404 e. The third-order valence-electron chi connectivity index (χ3n) is 6.46. The van der Waals surface area contributed by atoms with E-state index in [4.69, 9.17) is 21.4 Å². The highest BCUT2D eigenvalue weighted by atomic mass is 35.5. The number of ether oxygens (including phenoxy) is 1. The fourth-order valence-electron chi connectivity index (χ4n) is 4.53. The lowest BCUT2D eigenvalue weighted by molar-refractivity contribution is -0.128. The number of hydrazine groups is 1. The Kier molecular flexibility index (Phi) is 9.76. The van der Waals surface area contributed by atoms with Crippen LogP contribution in [0.2, 0.25) is 5.02 Å². The minimum Gasteiger partial charge on any atom is -0.496 e. The maximum absolute atomic E-state index is 13.4. The van der Waals surface area contributed by atoms with Crippen LogP contribution in [-0.4, -0.2) is 73.3 Å². The Labute approximate surface area is 232 Å². The topological polar surface area (TPSA) is 140 Å². The van der Waals surface area contributed by atoms with Crippen molar-refractivity contribution in [3.63, 3.8) is 0 Å². The molecule has 210 valence electrons. The molecule has 0 saturated carbocycles. The van der Waals surface area contributed by atoms with Gasteiger partial charge in [0.1, 0.15) is 11.8 Å². The summed E-state index contributed by atoms with van der Waals surface area (Å²) in [7, 11) is 3.19. The molecule has 2 aromatic carbocycles. The minimum absolute atomic E-state index is 0.0267. The first kappa shape index (κ1) is 29.7. The van der Waals surface area contributed by atoms with Gasteiger partial charge in [0.05, 0.1) is 24.4 Å². The highest BCUT2D eigenvalue weighted by molar-refractivity contribution is 6.31. The fraction of sp³-hybridized carbons (Fsp3) is 0.407. The summed E-state index contributed by atoms with van der Waals surface area (Å²) in [5, 5.41) is 20.6. The number of hydrogen-bond donors (Lipinski definition) is 4. The maximum atomic E-state index is 13.4. The molecule has 1 aliphatic rings. The number of methoxy groups -OCH3 is 1. The average molecular weight is 560 g/mol. The van der Waals surface area contributed by atoms with Gasteiger partial charge in [-0.05, 0) is 42.2 Å². The Morgan fingerprint density at radius 1 is 1.10 bits per heavy atom. The standard InChI is InChI=1S/C27H34ClN5O6/c1-27(2,16-30-24(35)19-14-17(28)10-11-21(19)39-4)15-22(34)31-23-20(12-13-29-26(37)38)32(3)33(25(23)36)18-8-6-5-7-9-18/h5-11,14,20,23,29H,12-13,15-16H2,1-4H3,(H,30,35)(H,31,34)(H,37,38). The van der Waals surface area contributed by atoms with Crippen molar-refractivity contribution in [3.05, 3.63) is 59.1 Å². The molecule has 11 nitrogen and oxygen atoms in total. The van der Waals surface area contributed by atoms with Crippen molar-refractivity contribution < 1.29 is 29.0 Å². The number of hydrogen-bond acceptors (Lipinski definition) is 6. The van der Waals surface area contributed by atoms with E-state index < -0.39 is 23.6 Å². The van der Waals surface area contributed by atoms with Crippen LogP contribution < -0.4 is 25.7 Å². The largest absolute Gasteiger partial charge is 0.496 e. The molecule has 12 heteroatoms. The first-order chi connectivity index (χ1) is 18.4. The molecule has 3 rings (SSSR count). The molecule has 2 atom stereocenters. The zero-order valence-electron chi connectivity index (χ0n) is 22.4. The Balaban J connectivity index is 1.68. The van der Waals surface area contributed by atoms with E-state index in [0.29, 0.717) is 22.9 Å². The number of carbonyl (C=O) groups excluding carboxylic acids is 3. The number of anilines is 1. The number of carbonyl (C=O) groups is 4. The van der Waals surface area contributed by atoms with Gasteiger partial charge >= 0.3 is 6.09 Å². The molecule has 1 saturated heterocycles. The Morgan fingerprint density at radius 3 is 2.44 bits per heavy atom. The predicted molar refractivity (Wildman–Crippen MR) is 147 cm³/mol. The number of likely N-dealkylation sites (N-methyl/N-ethyl adjacent to an activating group) is 1. The highest BCUT2D eigenvalue weighted by Crippen LogP contribution is 2.28. The molecule has 1 fully saturated rings. The van der Waals surface area contributed by atoms with Gasteiger partial charge in [0, 0.05) is 31.6 Å². The van der Waals surface area contributed by atoms with Gasteiger partial charge in [-0.3, -0.25) is 14.4 Å². The van der Waals surface area contributed by atoms with E-state index in [-0.39, 0.29) is 42.8 Å². The quantitative estimate of drug-likeness (QED) is 0.332. The van der Waals surface area contributed by atoms with Crippen molar-refractivity contribution in [3.8, 4) is 5.75 Å². The second-order valence-electron chi connectivity index (χ2n) is 10.1. The van der Waals surface area contributed by atoms with E-state index in [2.05, 4.69) is 16.0 Å². The number of amides is 4. The Morgan fingerprint density at radius 2 is 1.79 bits per heavy atom. The van der Waals surface area contributed by atoms with Crippen molar-refractivity contribution in [1.82, 2.24) is 21.0 Å². The average Bonchev–Trinajstić information content (AvgIpc) is 3.11. The summed E-state index contributed by atoms with van der Waals surface area (Å²) >= 11 is 6.03. The molecule has 0 aromatic heterocycles. The van der Waals surface area contributed by atoms with Gasteiger partial charge in [0.2, 0.25) is 5.91 Å². The second-order valence-corrected chi connectivity index (χ2v) is 10.5. The van der Waals surface area contributed by atoms with Gasteiger partial charge < -0.3 is 25.8 Å². The monoisotopic (exact) mass is 559 g/mol. The fourth-order valence-corrected chi connectivity index (χ4v) is 4.70. The van der Waals surface area contributed by atoms with Gasteiger partial charge in [0.25, 0.3) is 11.8 Å². The van der Waals surface area contributed by atoms with Crippen molar-refractivity contribution in [2.24, 2.45) is 5.41 Å². The summed E-state index contributed by atoms with van der Waals surface area (Å²) < 4.78 is 5.24. The molecule has 1 heterocycles. The molecular formula is C27H34ClN5O6. The van der Waals surface area contributed by atoms with Gasteiger partial charge in [0.15, 0.2) is 0 Å². The number of rotatable bonds is 11. The van der Waals surface area contributed by atoms with Crippen LogP contribution in [0.4, 0.5) is 10.5 Å². The SMILES string of the molecule is COc1ccc(Cl)cc1C(=O)NCC(C)(C)CC(=O)NC1C(=O)N(c2ccccc2)N(C)C1CCNC(=O)O. The first-order valence-corrected chi connectivity index (χ1v) is 12.8. The summed E-state index contributed by atoms with van der Waals surface area (Å²) in [6.07, 6.45) is -0.843. The lowest BCUT2D eigenvalue weighted by Gasteiger charge is -2.28. The first-order valence-electron chi connectivity index (χ1n) is 12.4. The van der Waals surface area contributed by atoms with Gasteiger partial charge in [-0.1, -0.05) is 43.6 Å². The molecule has 39 heavy (non-hydrogen) atoms. The predicted octanol–water partition coefficient (Wildman–Crippen LogP) is 2.90. The summed E-state index contributed by atoms with van der Waals surface area (Å²) in [5.41, 5.74) is 0.263. The summed E-state index contributed by atoms with van der Waals surface area (Å²) in [6, 6.07) is 12.4. The molecule has 0 bridgehead atoms. The van der Waals surface area contributed by atoms with Crippen molar-refractivity contribution >= 4 is 41.1 Å². The van der Waals surface area contributed by atoms with E-state index in [9.17, 15) is 19.2 Å². The van der Waals surface area contributed by atoms with Crippen LogP contribution in [0.15, 0.2) is 48.5 Å². The van der Waals surface area contributed by atoms with E-state index in [1.165, 1.54) is 18.2 Å². The number of nitrogens with zero attached hydrogens (tertiary/aromatic N) is 2. The molecule has 0 spiro atoms. The van der Waals surface area contributed by atoms with Crippen LogP contribution in [0.3, 0.4) is 0 Å². The van der Waals surface area contributed by atoms with Crippen molar-refractivity contribution in [1.29, 1.82) is 0 Å². The molecule has 0 radical (unpaired) electrons. The van der Waals surface area contributed by atoms with E-state index in [1.54, 1.807) is 48.5 Å². The highest BCUT2D eigenvalue weighted by Gasteiger charge is 2.46. The minimum atomic E-state index is -1.17. The second kappa shape index (κ2) is 12.8. The van der Waals surface area contributed by atoms with Crippen LogP contribution in [0.5, 0.6) is 5.75 Å². The normalized spacial score (nSPS) is 17.6. The molecule has 0 aliphatic carbocycles. The third kappa shape index (κ3) is 7.61. The van der Waals surface area contributed by atoms with Crippen LogP contribution in [-0.2, 0) is 9.59 Å². The molecule has 2 unspecified atom stereocenters. The van der Waals surface area contributed by atoms with E-state index >= 15 is 0 Å². The lowest BCUT2D eigenvalue weighted by atomic mass is 9.88. The van der Waals surface area contributed by atoms with Crippen molar-refractivity contribution in [2.75, 3.05) is 32.3 Å². The van der Waals surface area contributed by atoms with Crippen LogP contribution in [0.25, 0.3) is 0 Å². The molecule has 4 N–H and O–H groups in total. The summed E-state index contributed by atoms with van der Waals surface area (Å²) in [5.74, 6) is -0.702. The summed E-state index contributed by atoms with van der Waals surface area (Å²) in [4.78, 5) is 50.3. The van der Waals surface area contributed by atoms with Crippen LogP contribution in [0.1, 0.15) is 37.0 Å². The Bertz CT molecular complexity index is 1210. The summed E-state index contributed by atoms with van der Waals surface area (Å²) in [6.45, 7) is 3.94. The number of carboxylic acid groups (broad SMARTS) is 1. The lowest BCUT2D eigenvalue weighted by Crippen LogP contribution is -2.49. The molecule has 2 aromatic rings. The van der Waals surface area contributed by atoms with E-state index in [0.717, 1.165) is 0 Å². The smallest absolute Gasteiger partial charge is 0.404 e. The molecule has 4 amide bonds. The number of nitrogens with one attached hydrogen (secondary N) is 3. The number of para-hydroxylation sites is 1. The third-order valence-corrected chi connectivity index (χ3v) is 6.70. The van der Waals surface area contributed by atoms with Gasteiger partial charge in [-0.25, -0.2) is 14.8 Å². The van der Waals surface area contributed by atoms with Crippen molar-refractivity contribution in [2.45, 2.75) is 38.8 Å². The van der Waals surface area contributed by atoms with Gasteiger partial charge in [-0.15, -0.1) is 0 Å². The molecular weight excluding hydrogens is 526 g/mol.